The second-order valence-corrected chi connectivity index (χ2v) is 11.1. The largest absolute Gasteiger partial charge is 0.417 e. The number of alkyl halides is 6. The summed E-state index contributed by atoms with van der Waals surface area (Å²) in [6, 6.07) is 11.4. The summed E-state index contributed by atoms with van der Waals surface area (Å²) < 4.78 is 102. The van der Waals surface area contributed by atoms with E-state index < -0.39 is 76.1 Å². The molecule has 3 aromatic carbocycles. The van der Waals surface area contributed by atoms with Crippen LogP contribution in [0.4, 0.5) is 42.1 Å². The molecule has 0 aliphatic rings. The molecule has 1 unspecified atom stereocenters. The van der Waals surface area contributed by atoms with Crippen LogP contribution in [0.15, 0.2) is 60.9 Å². The van der Waals surface area contributed by atoms with Gasteiger partial charge in [-0.3, -0.25) is 4.79 Å². The van der Waals surface area contributed by atoms with Gasteiger partial charge in [-0.05, 0) is 62.4 Å². The van der Waals surface area contributed by atoms with Gasteiger partial charge in [0.2, 0.25) is 0 Å². The molecule has 48 heavy (non-hydrogen) atoms. The molecule has 0 aliphatic carbocycles. The van der Waals surface area contributed by atoms with E-state index in [1.165, 1.54) is 36.0 Å². The van der Waals surface area contributed by atoms with Crippen LogP contribution in [-0.4, -0.2) is 49.7 Å². The first-order chi connectivity index (χ1) is 22.3. The molecule has 0 aliphatic heterocycles. The van der Waals surface area contributed by atoms with E-state index in [2.05, 4.69) is 15.6 Å². The van der Waals surface area contributed by atoms with E-state index in [-0.39, 0.29) is 17.7 Å². The van der Waals surface area contributed by atoms with E-state index in [1.807, 2.05) is 0 Å². The summed E-state index contributed by atoms with van der Waals surface area (Å²) in [7, 11) is 0. The molecular weight excluding hydrogens is 653 g/mol. The summed E-state index contributed by atoms with van der Waals surface area (Å²) in [5.41, 5.74) is -8.54. The number of hydrogen-bond donors (Lipinski definition) is 4. The number of ether oxygens (including phenoxy) is 1. The molecule has 0 saturated heterocycles. The van der Waals surface area contributed by atoms with Crippen LogP contribution < -0.4 is 10.6 Å². The average Bonchev–Trinajstić information content (AvgIpc) is 3.40. The number of nitriles is 2. The van der Waals surface area contributed by atoms with Crippen LogP contribution in [0.3, 0.4) is 0 Å². The Morgan fingerprint density at radius 3 is 2.06 bits per heavy atom. The molecule has 1 amide bonds. The van der Waals surface area contributed by atoms with E-state index in [1.54, 1.807) is 0 Å². The van der Waals surface area contributed by atoms with Gasteiger partial charge in [-0.1, -0.05) is 0 Å². The molecule has 0 spiro atoms. The van der Waals surface area contributed by atoms with Crippen molar-refractivity contribution in [3.8, 4) is 12.1 Å². The van der Waals surface area contributed by atoms with Crippen LogP contribution in [-0.2, 0) is 28.4 Å². The Kier molecular flexibility index (Phi) is 9.73. The molecule has 1 heterocycles. The number of rotatable bonds is 10. The van der Waals surface area contributed by atoms with Crippen LogP contribution in [0.1, 0.15) is 36.1 Å². The van der Waals surface area contributed by atoms with Gasteiger partial charge in [0.25, 0.3) is 5.91 Å². The maximum absolute atomic E-state index is 13.8. The molecule has 0 fully saturated rings. The molecule has 4 rings (SSSR count). The fourth-order valence-corrected chi connectivity index (χ4v) is 4.58. The molecule has 0 bridgehead atoms. The zero-order chi connectivity index (χ0) is 35.7. The van der Waals surface area contributed by atoms with Crippen molar-refractivity contribution in [3.05, 3.63) is 89.0 Å². The van der Waals surface area contributed by atoms with E-state index in [0.717, 1.165) is 43.3 Å². The highest BCUT2D eigenvalue weighted by atomic mass is 19.4. The number of benzene rings is 3. The molecule has 0 radical (unpaired) electrons. The molecule has 3 atom stereocenters. The van der Waals surface area contributed by atoms with E-state index in [4.69, 9.17) is 15.3 Å². The quantitative estimate of drug-likeness (QED) is 0.126. The van der Waals surface area contributed by atoms with Crippen molar-refractivity contribution in [2.24, 2.45) is 0 Å². The second kappa shape index (κ2) is 13.1. The van der Waals surface area contributed by atoms with Crippen LogP contribution in [0.25, 0.3) is 11.0 Å². The number of aromatic nitrogens is 2. The summed E-state index contributed by atoms with van der Waals surface area (Å²) in [6.07, 6.45) is -10.5. The summed E-state index contributed by atoms with van der Waals surface area (Å²) >= 11 is 0. The first-order valence-corrected chi connectivity index (χ1v) is 13.7. The number of fused-ring (bicyclic) bond motifs is 1. The molecule has 17 heteroatoms. The highest BCUT2D eigenvalue weighted by Gasteiger charge is 2.41. The zero-order valence-corrected chi connectivity index (χ0v) is 24.9. The van der Waals surface area contributed by atoms with Gasteiger partial charge < -0.3 is 30.2 Å². The van der Waals surface area contributed by atoms with Gasteiger partial charge in [-0.15, -0.1) is 0 Å². The smallest absolute Gasteiger partial charge is 0.378 e. The van der Waals surface area contributed by atoms with Gasteiger partial charge >= 0.3 is 12.4 Å². The highest BCUT2D eigenvalue weighted by Crippen LogP contribution is 2.35. The van der Waals surface area contributed by atoms with E-state index in [0.29, 0.717) is 17.6 Å². The molecule has 10 nitrogen and oxygen atoms in total. The molecule has 0 saturated carbocycles. The van der Waals surface area contributed by atoms with Crippen molar-refractivity contribution in [3.63, 3.8) is 0 Å². The minimum absolute atomic E-state index is 0.203. The Labute approximate surface area is 267 Å². The minimum Gasteiger partial charge on any atom is -0.378 e. The van der Waals surface area contributed by atoms with Gasteiger partial charge in [0, 0.05) is 17.4 Å². The number of anilines is 2. The van der Waals surface area contributed by atoms with Crippen molar-refractivity contribution >= 4 is 28.3 Å². The van der Waals surface area contributed by atoms with Crippen LogP contribution in [0.2, 0.25) is 0 Å². The first kappa shape index (κ1) is 35.6. The Balaban J connectivity index is 1.63. The maximum atomic E-state index is 13.8. The SMILES string of the molecule is C[C@](O)(CO[C@@](C)(Cn1cnc2cc(F)ccc21)C(O)Nc1ccc(C#N)c(C(F)(F)F)c1)C(=O)Nc1ccc(C#N)c(C(F)(F)F)c1. The van der Waals surface area contributed by atoms with Crippen LogP contribution in [0, 0.1) is 28.5 Å². The van der Waals surface area contributed by atoms with E-state index in [9.17, 15) is 45.7 Å². The highest BCUT2D eigenvalue weighted by molar-refractivity contribution is 5.97. The lowest BCUT2D eigenvalue weighted by Crippen LogP contribution is -2.54. The second-order valence-electron chi connectivity index (χ2n) is 11.1. The van der Waals surface area contributed by atoms with Crippen LogP contribution >= 0.6 is 0 Å². The predicted octanol–water partition coefficient (Wildman–Crippen LogP) is 5.55. The molecule has 1 aromatic heterocycles. The number of amides is 1. The zero-order valence-electron chi connectivity index (χ0n) is 24.9. The normalized spacial score (nSPS) is 15.1. The number of imidazole rings is 1. The lowest BCUT2D eigenvalue weighted by atomic mass is 10.0. The lowest BCUT2D eigenvalue weighted by molar-refractivity contribution is -0.163. The van der Waals surface area contributed by atoms with Gasteiger partial charge in [0.05, 0.1) is 64.9 Å². The average molecular weight is 679 g/mol. The number of aliphatic hydroxyl groups is 2. The predicted molar refractivity (Wildman–Crippen MR) is 155 cm³/mol. The summed E-state index contributed by atoms with van der Waals surface area (Å²) in [4.78, 5) is 17.1. The number of nitrogens with zero attached hydrogens (tertiary/aromatic N) is 4. The Morgan fingerprint density at radius 1 is 0.938 bits per heavy atom. The van der Waals surface area contributed by atoms with Crippen molar-refractivity contribution < 1.29 is 50.5 Å². The number of carbonyl (C=O) groups excluding carboxylic acids is 1. The van der Waals surface area contributed by atoms with Gasteiger partial charge in [0.1, 0.15) is 11.4 Å². The standard InChI is InChI=1S/C31H25F7N6O4/c1-28(47,26(45)42-20-6-3-17(12-39)22(10-20)30(33,34)35)15-48-29(2,14-44-16-41-24-9-19(32)5-8-25(24)44)27(46)43-21-7-4-18(13-40)23(11-21)31(36,37)38/h3-11,16,27,43,46-47H,14-15H2,1-2H3,(H,42,45)/t27?,28-,29-/m0/s1. The third kappa shape index (κ3) is 7.83. The summed E-state index contributed by atoms with van der Waals surface area (Å²) in [5.74, 6) is -1.84. The molecule has 4 aromatic rings. The van der Waals surface area contributed by atoms with E-state index >= 15 is 0 Å². The minimum atomic E-state index is -4.93. The third-order valence-electron chi connectivity index (χ3n) is 7.27. The van der Waals surface area contributed by atoms with Gasteiger partial charge in [-0.2, -0.15) is 36.9 Å². The number of halogens is 7. The maximum Gasteiger partial charge on any atom is 0.417 e. The Hall–Kier alpha value is -5.23. The molecule has 252 valence electrons. The number of aliphatic hydroxyl groups excluding tert-OH is 1. The first-order valence-electron chi connectivity index (χ1n) is 13.7. The van der Waals surface area contributed by atoms with Gasteiger partial charge in [0.15, 0.2) is 11.8 Å². The van der Waals surface area contributed by atoms with Crippen molar-refractivity contribution in [2.45, 2.75) is 50.2 Å². The monoisotopic (exact) mass is 678 g/mol. The van der Waals surface area contributed by atoms with Gasteiger partial charge in [-0.25, -0.2) is 9.37 Å². The van der Waals surface area contributed by atoms with Crippen LogP contribution in [0.5, 0.6) is 0 Å². The summed E-state index contributed by atoms with van der Waals surface area (Å²) in [5, 5.41) is 45.0. The lowest BCUT2D eigenvalue weighted by Gasteiger charge is -2.38. The summed E-state index contributed by atoms with van der Waals surface area (Å²) in [6.45, 7) is 0.966. The number of carbonyl (C=O) groups is 1. The Morgan fingerprint density at radius 2 is 1.50 bits per heavy atom. The fraction of sp³-hybridized carbons (Fsp3) is 0.290. The number of hydrogen-bond acceptors (Lipinski definition) is 8. The third-order valence-corrected chi connectivity index (χ3v) is 7.27. The molecular formula is C31H25F7N6O4. The fourth-order valence-electron chi connectivity index (χ4n) is 4.58. The van der Waals surface area contributed by atoms with Crippen molar-refractivity contribution in [1.82, 2.24) is 9.55 Å². The Bertz CT molecular complexity index is 1930. The number of nitrogens with one attached hydrogen (secondary N) is 2. The van der Waals surface area contributed by atoms with Crippen molar-refractivity contribution in [2.75, 3.05) is 17.2 Å². The molecule has 4 N–H and O–H groups in total. The van der Waals surface area contributed by atoms with Crippen molar-refractivity contribution in [1.29, 1.82) is 10.5 Å². The topological polar surface area (TPSA) is 156 Å².